The quantitative estimate of drug-likeness (QED) is 0.265. The van der Waals surface area contributed by atoms with Crippen LogP contribution in [0.25, 0.3) is 32.9 Å². The lowest BCUT2D eigenvalue weighted by molar-refractivity contribution is -0.145. The summed E-state index contributed by atoms with van der Waals surface area (Å²) in [5.74, 6) is 0.759. The van der Waals surface area contributed by atoms with E-state index in [1.807, 2.05) is 4.90 Å². The number of rotatable bonds is 6. The molecule has 266 valence electrons. The summed E-state index contributed by atoms with van der Waals surface area (Å²) < 4.78 is 52.8. The van der Waals surface area contributed by atoms with Gasteiger partial charge in [0.2, 0.25) is 5.91 Å². The molecular weight excluding hydrogens is 671 g/mol. The van der Waals surface area contributed by atoms with Gasteiger partial charge in [0.15, 0.2) is 5.82 Å². The molecule has 2 aromatic heterocycles. The van der Waals surface area contributed by atoms with Gasteiger partial charge in [-0.3, -0.25) is 14.7 Å². The number of hydrogen-bond donors (Lipinski definition) is 1. The van der Waals surface area contributed by atoms with Gasteiger partial charge in [0.1, 0.15) is 41.4 Å². The summed E-state index contributed by atoms with van der Waals surface area (Å²) in [7, 11) is 0. The molecule has 4 atom stereocenters. The Kier molecular flexibility index (Phi) is 7.53. The molecule has 2 aromatic carbocycles. The average molecular weight is 708 g/mol. The summed E-state index contributed by atoms with van der Waals surface area (Å²) in [5, 5.41) is 20.8. The fourth-order valence-electron chi connectivity index (χ4n) is 9.33. The number of halogens is 3. The third-order valence-corrected chi connectivity index (χ3v) is 11.9. The first-order chi connectivity index (χ1) is 25.1. The number of terminal acetylenes is 1. The van der Waals surface area contributed by atoms with E-state index in [0.717, 1.165) is 32.2 Å². The number of phenolic OH excluding ortho intramolecular Hbond substituents is 1. The third kappa shape index (κ3) is 5.20. The van der Waals surface area contributed by atoms with Crippen molar-refractivity contribution >= 4 is 33.4 Å². The third-order valence-electron chi connectivity index (χ3n) is 11.9. The number of carbonyl (C=O) groups is 1. The minimum absolute atomic E-state index is 0.0337. The van der Waals surface area contributed by atoms with Crippen molar-refractivity contribution in [1.29, 1.82) is 5.26 Å². The Hall–Kier alpha value is -5.14. The zero-order valence-electron chi connectivity index (χ0n) is 28.4. The SMILES string of the molecule is C#Cc1c(F)ccc2cc(O)cc(-c3ncc4c(N5CCCC6(CN(C(=O)[C@@H]7C[C@H]7C#N)C6)C5)nc(OC[C@@]56CCCN5C[C@H](F)C6)nc4c3F)c12. The molecule has 0 bridgehead atoms. The van der Waals surface area contributed by atoms with Crippen LogP contribution in [-0.2, 0) is 4.79 Å². The van der Waals surface area contributed by atoms with Crippen LogP contribution in [0, 0.1) is 52.6 Å². The molecule has 1 spiro atoms. The molecule has 4 saturated heterocycles. The summed E-state index contributed by atoms with van der Waals surface area (Å²) in [4.78, 5) is 32.9. The number of benzene rings is 2. The summed E-state index contributed by atoms with van der Waals surface area (Å²) in [6.45, 7) is 3.59. The van der Waals surface area contributed by atoms with Crippen LogP contribution in [0.1, 0.15) is 44.1 Å². The molecule has 1 N–H and O–H groups in total. The first kappa shape index (κ1) is 32.7. The van der Waals surface area contributed by atoms with E-state index < -0.39 is 23.3 Å². The number of nitrogens with zero attached hydrogens (tertiary/aromatic N) is 7. The number of nitriles is 1. The van der Waals surface area contributed by atoms with Crippen molar-refractivity contribution in [2.24, 2.45) is 17.3 Å². The number of pyridine rings is 1. The number of fused-ring (bicyclic) bond motifs is 3. The molecule has 9 rings (SSSR count). The Morgan fingerprint density at radius 2 is 1.96 bits per heavy atom. The van der Waals surface area contributed by atoms with Gasteiger partial charge in [-0.2, -0.15) is 15.2 Å². The van der Waals surface area contributed by atoms with Crippen LogP contribution in [0.3, 0.4) is 0 Å². The minimum atomic E-state index is -0.956. The lowest BCUT2D eigenvalue weighted by atomic mass is 9.73. The van der Waals surface area contributed by atoms with Crippen molar-refractivity contribution in [1.82, 2.24) is 24.8 Å². The number of ether oxygens (including phenoxy) is 1. The topological polar surface area (TPSA) is 119 Å². The van der Waals surface area contributed by atoms with Crippen molar-refractivity contribution < 1.29 is 27.8 Å². The van der Waals surface area contributed by atoms with Crippen molar-refractivity contribution in [2.75, 3.05) is 50.8 Å². The number of phenols is 1. The van der Waals surface area contributed by atoms with Crippen LogP contribution in [-0.4, -0.2) is 93.4 Å². The number of likely N-dealkylation sites (tertiary alicyclic amines) is 1. The van der Waals surface area contributed by atoms with E-state index in [1.54, 1.807) is 0 Å². The Bertz CT molecular complexity index is 2250. The van der Waals surface area contributed by atoms with Gasteiger partial charge in [-0.15, -0.1) is 6.42 Å². The smallest absolute Gasteiger partial charge is 0.319 e. The molecule has 1 aliphatic carbocycles. The van der Waals surface area contributed by atoms with Gasteiger partial charge in [-0.1, -0.05) is 12.0 Å². The monoisotopic (exact) mass is 707 g/mol. The number of amides is 1. The average Bonchev–Trinajstić information content (AvgIpc) is 3.72. The van der Waals surface area contributed by atoms with E-state index in [0.29, 0.717) is 62.2 Å². The summed E-state index contributed by atoms with van der Waals surface area (Å²) in [6.07, 6.45) is 10.6. The van der Waals surface area contributed by atoms with Crippen LogP contribution in [0.5, 0.6) is 11.8 Å². The van der Waals surface area contributed by atoms with Gasteiger partial charge in [0.05, 0.1) is 34.4 Å². The zero-order valence-corrected chi connectivity index (χ0v) is 28.4. The number of alkyl halides is 1. The van der Waals surface area contributed by atoms with Crippen LogP contribution in [0.15, 0.2) is 30.5 Å². The predicted octanol–water partition coefficient (Wildman–Crippen LogP) is 5.35. The molecule has 52 heavy (non-hydrogen) atoms. The van der Waals surface area contributed by atoms with Gasteiger partial charge in [-0.05, 0) is 62.2 Å². The lowest BCUT2D eigenvalue weighted by Crippen LogP contribution is -2.64. The number of aromatic hydroxyl groups is 1. The Labute approximate surface area is 298 Å². The van der Waals surface area contributed by atoms with Gasteiger partial charge >= 0.3 is 6.01 Å². The molecule has 0 unspecified atom stereocenters. The van der Waals surface area contributed by atoms with Crippen LogP contribution in [0.2, 0.25) is 0 Å². The standard InChI is InChI=1S/C39H36F3N7O3/c1-2-26-30(41)6-5-22-11-25(50)13-28(31(22)26)33-32(42)34-29(16-44-33)35(46-37(45-34)52-21-39-8-4-10-49(39)17-24(40)14-39)47-9-3-7-38(18-47)19-48(20-38)36(51)27-12-23(27)15-43/h1,5-6,11,13,16,23-24,27,50H,3-4,7-10,12,14,17-21H2/t23-,24+,27+,39-/m0/s1. The van der Waals surface area contributed by atoms with Gasteiger partial charge in [-0.25, -0.2) is 13.2 Å². The second-order valence-electron chi connectivity index (χ2n) is 15.3. The van der Waals surface area contributed by atoms with E-state index in [1.165, 1.54) is 30.5 Å². The maximum atomic E-state index is 17.0. The van der Waals surface area contributed by atoms with Gasteiger partial charge in [0, 0.05) is 61.7 Å². The number of carbonyl (C=O) groups excluding carboxylic acids is 1. The Balaban J connectivity index is 1.11. The molecule has 1 amide bonds. The van der Waals surface area contributed by atoms with E-state index >= 15 is 4.39 Å². The lowest BCUT2D eigenvalue weighted by Gasteiger charge is -2.55. The Morgan fingerprint density at radius 3 is 2.75 bits per heavy atom. The predicted molar refractivity (Wildman–Crippen MR) is 186 cm³/mol. The molecular formula is C39H36F3N7O3. The second kappa shape index (κ2) is 12.0. The molecule has 0 radical (unpaired) electrons. The fourth-order valence-corrected chi connectivity index (χ4v) is 9.33. The highest BCUT2D eigenvalue weighted by Crippen LogP contribution is 2.47. The maximum Gasteiger partial charge on any atom is 0.319 e. The van der Waals surface area contributed by atoms with Crippen molar-refractivity contribution in [3.8, 4) is 41.4 Å². The Morgan fingerprint density at radius 1 is 1.13 bits per heavy atom. The minimum Gasteiger partial charge on any atom is -0.508 e. The first-order valence-corrected chi connectivity index (χ1v) is 17.8. The normalized spacial score (nSPS) is 26.3. The molecule has 5 aliphatic rings. The molecule has 4 aromatic rings. The molecule has 13 heteroatoms. The van der Waals surface area contributed by atoms with E-state index in [4.69, 9.17) is 16.1 Å². The zero-order chi connectivity index (χ0) is 35.9. The number of aromatic nitrogens is 3. The largest absolute Gasteiger partial charge is 0.508 e. The van der Waals surface area contributed by atoms with E-state index in [-0.39, 0.29) is 69.2 Å². The molecule has 5 fully saturated rings. The van der Waals surface area contributed by atoms with Crippen LogP contribution in [0.4, 0.5) is 19.0 Å². The molecule has 6 heterocycles. The maximum absolute atomic E-state index is 17.0. The van der Waals surface area contributed by atoms with Crippen LogP contribution >= 0.6 is 0 Å². The van der Waals surface area contributed by atoms with E-state index in [2.05, 4.69) is 31.8 Å². The van der Waals surface area contributed by atoms with Gasteiger partial charge < -0.3 is 19.6 Å². The highest BCUT2D eigenvalue weighted by molar-refractivity contribution is 6.03. The summed E-state index contributed by atoms with van der Waals surface area (Å²) >= 11 is 0. The van der Waals surface area contributed by atoms with Gasteiger partial charge in [0.25, 0.3) is 0 Å². The number of hydrogen-bond acceptors (Lipinski definition) is 9. The first-order valence-electron chi connectivity index (χ1n) is 17.8. The molecule has 4 aliphatic heterocycles. The number of anilines is 1. The van der Waals surface area contributed by atoms with Crippen molar-refractivity contribution in [3.05, 3.63) is 47.7 Å². The highest BCUT2D eigenvalue weighted by Gasteiger charge is 2.53. The highest BCUT2D eigenvalue weighted by atomic mass is 19.1. The molecule has 1 saturated carbocycles. The van der Waals surface area contributed by atoms with Crippen LogP contribution < -0.4 is 9.64 Å². The fraction of sp³-hybridized carbons (Fsp3) is 0.462. The number of piperidine rings is 1. The summed E-state index contributed by atoms with van der Waals surface area (Å²) in [5.41, 5.74) is -0.900. The molecule has 10 nitrogen and oxygen atoms in total. The van der Waals surface area contributed by atoms with Crippen molar-refractivity contribution in [3.63, 3.8) is 0 Å². The second-order valence-corrected chi connectivity index (χ2v) is 15.3. The van der Waals surface area contributed by atoms with E-state index in [9.17, 15) is 23.9 Å². The van der Waals surface area contributed by atoms with Crippen molar-refractivity contribution in [2.45, 2.75) is 50.2 Å². The summed E-state index contributed by atoms with van der Waals surface area (Å²) in [6, 6.07) is 7.54.